The fourth-order valence-corrected chi connectivity index (χ4v) is 1.64. The van der Waals surface area contributed by atoms with Crippen LogP contribution < -0.4 is 5.73 Å². The summed E-state index contributed by atoms with van der Waals surface area (Å²) >= 11 is 3.33. The molecule has 0 heterocycles. The van der Waals surface area contributed by atoms with Gasteiger partial charge in [-0.05, 0) is 42.6 Å². The van der Waals surface area contributed by atoms with Gasteiger partial charge in [0.1, 0.15) is 5.82 Å². The van der Waals surface area contributed by atoms with Crippen LogP contribution in [0.15, 0.2) is 22.7 Å². The quantitative estimate of drug-likeness (QED) is 0.867. The van der Waals surface area contributed by atoms with Crippen molar-refractivity contribution in [2.75, 3.05) is 13.2 Å². The van der Waals surface area contributed by atoms with Gasteiger partial charge < -0.3 is 10.8 Å². The molecule has 1 rings (SSSR count). The zero-order chi connectivity index (χ0) is 10.6. The lowest BCUT2D eigenvalue weighted by Gasteiger charge is -2.12. The van der Waals surface area contributed by atoms with Crippen LogP contribution in [0.5, 0.6) is 0 Å². The van der Waals surface area contributed by atoms with Crippen molar-refractivity contribution in [3.8, 4) is 0 Å². The smallest absolute Gasteiger partial charge is 0.123 e. The van der Waals surface area contributed by atoms with Gasteiger partial charge in [0.05, 0.1) is 0 Å². The van der Waals surface area contributed by atoms with E-state index in [0.29, 0.717) is 13.0 Å². The molecule has 0 spiro atoms. The normalized spacial score (nSPS) is 12.9. The third-order valence-electron chi connectivity index (χ3n) is 2.11. The van der Waals surface area contributed by atoms with Crippen molar-refractivity contribution in [3.05, 3.63) is 34.1 Å². The second kappa shape index (κ2) is 5.44. The second-order valence-electron chi connectivity index (χ2n) is 3.22. The molecule has 0 aliphatic carbocycles. The highest BCUT2D eigenvalue weighted by Gasteiger charge is 2.09. The lowest BCUT2D eigenvalue weighted by molar-refractivity contribution is 0.229. The molecular formula is C10H13BrFNO. The number of hydrogen-bond acceptors (Lipinski definition) is 2. The first kappa shape index (κ1) is 11.6. The van der Waals surface area contributed by atoms with Gasteiger partial charge in [-0.3, -0.25) is 0 Å². The predicted octanol–water partition coefficient (Wildman–Crippen LogP) is 1.70. The Morgan fingerprint density at radius 3 is 2.79 bits per heavy atom. The molecule has 0 saturated carbocycles. The molecule has 14 heavy (non-hydrogen) atoms. The highest BCUT2D eigenvalue weighted by Crippen LogP contribution is 2.20. The highest BCUT2D eigenvalue weighted by molar-refractivity contribution is 9.10. The maximum absolute atomic E-state index is 12.9. The zero-order valence-corrected chi connectivity index (χ0v) is 9.30. The summed E-state index contributed by atoms with van der Waals surface area (Å²) in [6.45, 7) is 0.429. The molecular weight excluding hydrogens is 249 g/mol. The summed E-state index contributed by atoms with van der Waals surface area (Å²) in [6, 6.07) is 4.52. The second-order valence-corrected chi connectivity index (χ2v) is 4.08. The van der Waals surface area contributed by atoms with E-state index in [-0.39, 0.29) is 18.3 Å². The Morgan fingerprint density at radius 1 is 1.50 bits per heavy atom. The van der Waals surface area contributed by atoms with Gasteiger partial charge in [-0.2, -0.15) is 0 Å². The number of benzene rings is 1. The number of aliphatic hydroxyl groups is 1. The van der Waals surface area contributed by atoms with Gasteiger partial charge in [0.25, 0.3) is 0 Å². The Hall–Kier alpha value is -0.450. The van der Waals surface area contributed by atoms with Crippen LogP contribution in [0.1, 0.15) is 5.56 Å². The molecule has 0 aliphatic heterocycles. The van der Waals surface area contributed by atoms with E-state index < -0.39 is 0 Å². The van der Waals surface area contributed by atoms with Crippen molar-refractivity contribution in [1.29, 1.82) is 0 Å². The summed E-state index contributed by atoms with van der Waals surface area (Å²) in [5.74, 6) is -0.273. The van der Waals surface area contributed by atoms with Crippen molar-refractivity contribution >= 4 is 15.9 Å². The Kier molecular flexibility index (Phi) is 4.51. The van der Waals surface area contributed by atoms with Gasteiger partial charge in [-0.1, -0.05) is 15.9 Å². The molecule has 0 amide bonds. The summed E-state index contributed by atoms with van der Waals surface area (Å²) in [5.41, 5.74) is 6.29. The average Bonchev–Trinajstić information content (AvgIpc) is 2.19. The molecule has 0 aliphatic rings. The first-order valence-electron chi connectivity index (χ1n) is 4.42. The Bertz CT molecular complexity index is 302. The minimum Gasteiger partial charge on any atom is -0.396 e. The van der Waals surface area contributed by atoms with Crippen molar-refractivity contribution in [1.82, 2.24) is 0 Å². The van der Waals surface area contributed by atoms with Crippen LogP contribution in [0.4, 0.5) is 4.39 Å². The number of halogens is 2. The molecule has 0 saturated heterocycles. The monoisotopic (exact) mass is 261 g/mol. The molecule has 3 N–H and O–H groups in total. The molecule has 1 unspecified atom stereocenters. The Morgan fingerprint density at radius 2 is 2.21 bits per heavy atom. The molecule has 4 heteroatoms. The summed E-state index contributed by atoms with van der Waals surface area (Å²) in [6.07, 6.45) is 0.589. The molecule has 0 radical (unpaired) electrons. The third-order valence-corrected chi connectivity index (χ3v) is 2.88. The number of aliphatic hydroxyl groups excluding tert-OH is 1. The van der Waals surface area contributed by atoms with Crippen molar-refractivity contribution in [2.45, 2.75) is 6.42 Å². The van der Waals surface area contributed by atoms with Crippen LogP contribution in [0.2, 0.25) is 0 Å². The predicted molar refractivity (Wildman–Crippen MR) is 57.4 cm³/mol. The summed E-state index contributed by atoms with van der Waals surface area (Å²) in [4.78, 5) is 0. The maximum Gasteiger partial charge on any atom is 0.123 e. The number of nitrogens with two attached hydrogens (primary N) is 1. The fourth-order valence-electron chi connectivity index (χ4n) is 1.23. The molecule has 1 aromatic rings. The fraction of sp³-hybridized carbons (Fsp3) is 0.400. The van der Waals surface area contributed by atoms with Crippen LogP contribution >= 0.6 is 15.9 Å². The lowest BCUT2D eigenvalue weighted by atomic mass is 10.0. The van der Waals surface area contributed by atoms with Gasteiger partial charge in [-0.15, -0.1) is 0 Å². The largest absolute Gasteiger partial charge is 0.396 e. The molecule has 78 valence electrons. The first-order chi connectivity index (χ1) is 6.67. The van der Waals surface area contributed by atoms with Crippen LogP contribution in [-0.2, 0) is 6.42 Å². The molecule has 1 atom stereocenters. The van der Waals surface area contributed by atoms with Crippen molar-refractivity contribution in [3.63, 3.8) is 0 Å². The van der Waals surface area contributed by atoms with E-state index in [1.165, 1.54) is 12.1 Å². The summed E-state index contributed by atoms with van der Waals surface area (Å²) < 4.78 is 13.7. The van der Waals surface area contributed by atoms with E-state index in [2.05, 4.69) is 15.9 Å². The van der Waals surface area contributed by atoms with Gasteiger partial charge >= 0.3 is 0 Å². The van der Waals surface area contributed by atoms with Gasteiger partial charge in [0, 0.05) is 11.1 Å². The summed E-state index contributed by atoms with van der Waals surface area (Å²) in [5, 5.41) is 8.96. The Balaban J connectivity index is 2.79. The average molecular weight is 262 g/mol. The first-order valence-corrected chi connectivity index (χ1v) is 5.21. The van der Waals surface area contributed by atoms with Crippen LogP contribution in [0, 0.1) is 11.7 Å². The minimum absolute atomic E-state index is 0.00639. The van der Waals surface area contributed by atoms with Gasteiger partial charge in [0.2, 0.25) is 0 Å². The molecule has 0 aromatic heterocycles. The van der Waals surface area contributed by atoms with Gasteiger partial charge in [0.15, 0.2) is 0 Å². The number of rotatable bonds is 4. The zero-order valence-electron chi connectivity index (χ0n) is 7.71. The molecule has 0 fully saturated rings. The van der Waals surface area contributed by atoms with E-state index in [9.17, 15) is 4.39 Å². The lowest BCUT2D eigenvalue weighted by Crippen LogP contribution is -2.20. The van der Waals surface area contributed by atoms with Gasteiger partial charge in [-0.25, -0.2) is 4.39 Å². The van der Waals surface area contributed by atoms with E-state index in [1.807, 2.05) is 0 Å². The Labute approximate surface area is 91.1 Å². The van der Waals surface area contributed by atoms with E-state index in [4.69, 9.17) is 10.8 Å². The van der Waals surface area contributed by atoms with E-state index >= 15 is 0 Å². The minimum atomic E-state index is -0.267. The standard InChI is InChI=1S/C10H13BrFNO/c11-10-2-1-9(12)4-8(10)3-7(5-13)6-14/h1-2,4,7,14H,3,5-6,13H2. The SMILES string of the molecule is NCC(CO)Cc1cc(F)ccc1Br. The highest BCUT2D eigenvalue weighted by atomic mass is 79.9. The van der Waals surface area contributed by atoms with Crippen molar-refractivity contribution in [2.24, 2.45) is 11.7 Å². The van der Waals surface area contributed by atoms with Crippen LogP contribution in [0.25, 0.3) is 0 Å². The van der Waals surface area contributed by atoms with Crippen LogP contribution in [-0.4, -0.2) is 18.3 Å². The molecule has 2 nitrogen and oxygen atoms in total. The van der Waals surface area contributed by atoms with Crippen LogP contribution in [0.3, 0.4) is 0 Å². The van der Waals surface area contributed by atoms with E-state index in [1.54, 1.807) is 6.07 Å². The van der Waals surface area contributed by atoms with Crippen molar-refractivity contribution < 1.29 is 9.50 Å². The topological polar surface area (TPSA) is 46.2 Å². The maximum atomic E-state index is 12.9. The third kappa shape index (κ3) is 3.04. The molecule has 0 bridgehead atoms. The van der Waals surface area contributed by atoms with E-state index in [0.717, 1.165) is 10.0 Å². The summed E-state index contributed by atoms with van der Waals surface area (Å²) in [7, 11) is 0. The number of hydrogen-bond donors (Lipinski definition) is 2. The molecule has 1 aromatic carbocycles.